The van der Waals surface area contributed by atoms with Gasteiger partial charge in [0.2, 0.25) is 10.5 Å². The number of aryl methyl sites for hydroxylation is 1. The number of benzene rings is 2. The molecule has 5 rings (SSSR count). The van der Waals surface area contributed by atoms with Gasteiger partial charge in [0.25, 0.3) is 5.56 Å². The zero-order valence-corrected chi connectivity index (χ0v) is 21.0. The van der Waals surface area contributed by atoms with Crippen LogP contribution in [0.15, 0.2) is 53.3 Å². The second kappa shape index (κ2) is 10.3. The third-order valence-electron chi connectivity index (χ3n) is 6.67. The minimum absolute atomic E-state index is 0.0511. The number of fused-ring (bicyclic) bond motifs is 3. The number of rotatable bonds is 9. The molecule has 0 N–H and O–H groups in total. The molecule has 35 heavy (non-hydrogen) atoms. The molecule has 1 aliphatic rings. The Hall–Kier alpha value is -3.01. The van der Waals surface area contributed by atoms with Crippen LogP contribution >= 0.6 is 12.2 Å². The third-order valence-corrected chi connectivity index (χ3v) is 7.06. The quantitative estimate of drug-likeness (QED) is 0.254. The summed E-state index contributed by atoms with van der Waals surface area (Å²) < 4.78 is 16.9. The Kier molecular flexibility index (Phi) is 6.99. The summed E-state index contributed by atoms with van der Waals surface area (Å²) in [6.07, 6.45) is 2.92. The van der Waals surface area contributed by atoms with Crippen LogP contribution in [-0.4, -0.2) is 50.5 Å². The lowest BCUT2D eigenvalue weighted by Gasteiger charge is -2.24. The predicted molar refractivity (Wildman–Crippen MR) is 139 cm³/mol. The van der Waals surface area contributed by atoms with Gasteiger partial charge in [-0.25, -0.2) is 4.68 Å². The first-order chi connectivity index (χ1) is 17.1. The highest BCUT2D eigenvalue weighted by atomic mass is 32.1. The van der Waals surface area contributed by atoms with E-state index >= 15 is 0 Å². The summed E-state index contributed by atoms with van der Waals surface area (Å²) in [6, 6.07) is 16.3. The number of ether oxygens (including phenoxy) is 2. The fourth-order valence-corrected chi connectivity index (χ4v) is 5.30. The molecule has 3 heterocycles. The molecule has 2 aromatic heterocycles. The molecule has 0 amide bonds. The molecule has 0 radical (unpaired) electrons. The third kappa shape index (κ3) is 4.51. The number of nitrogens with zero attached hydrogens (tertiary/aromatic N) is 5. The average molecular weight is 494 g/mol. The van der Waals surface area contributed by atoms with Crippen LogP contribution in [0.3, 0.4) is 0 Å². The maximum atomic E-state index is 13.3. The molecule has 1 fully saturated rings. The van der Waals surface area contributed by atoms with Crippen molar-refractivity contribution in [1.29, 1.82) is 0 Å². The van der Waals surface area contributed by atoms with Gasteiger partial charge in [-0.3, -0.25) is 18.7 Å². The van der Waals surface area contributed by atoms with Crippen molar-refractivity contribution in [2.45, 2.75) is 45.4 Å². The first-order valence-corrected chi connectivity index (χ1v) is 12.6. The largest absolute Gasteiger partial charge is 0.494 e. The van der Waals surface area contributed by atoms with Crippen LogP contribution in [0.2, 0.25) is 0 Å². The number of aromatic nitrogens is 4. The number of hydrogen-bond acceptors (Lipinski definition) is 6. The lowest BCUT2D eigenvalue weighted by atomic mass is 10.0. The molecule has 1 aliphatic heterocycles. The Morgan fingerprint density at radius 3 is 2.71 bits per heavy atom. The van der Waals surface area contributed by atoms with Gasteiger partial charge in [0.05, 0.1) is 24.2 Å². The van der Waals surface area contributed by atoms with Crippen molar-refractivity contribution in [3.8, 4) is 5.75 Å². The second-order valence-corrected chi connectivity index (χ2v) is 9.22. The van der Waals surface area contributed by atoms with Gasteiger partial charge >= 0.3 is 0 Å². The number of para-hydroxylation sites is 1. The molecule has 4 aromatic rings. The molecule has 9 heteroatoms. The summed E-state index contributed by atoms with van der Waals surface area (Å²) in [5.41, 5.74) is 2.00. The molecule has 0 bridgehead atoms. The van der Waals surface area contributed by atoms with Crippen molar-refractivity contribution in [2.24, 2.45) is 0 Å². The lowest BCUT2D eigenvalue weighted by Crippen LogP contribution is -2.27. The van der Waals surface area contributed by atoms with E-state index in [1.165, 1.54) is 5.56 Å². The van der Waals surface area contributed by atoms with Crippen LogP contribution in [-0.2, 0) is 18.0 Å². The Morgan fingerprint density at radius 1 is 1.14 bits per heavy atom. The molecule has 2 aromatic carbocycles. The minimum Gasteiger partial charge on any atom is -0.494 e. The molecule has 0 spiro atoms. The highest BCUT2D eigenvalue weighted by Gasteiger charge is 2.27. The van der Waals surface area contributed by atoms with Gasteiger partial charge in [-0.1, -0.05) is 24.3 Å². The van der Waals surface area contributed by atoms with E-state index in [0.717, 1.165) is 37.1 Å². The highest BCUT2D eigenvalue weighted by molar-refractivity contribution is 7.71. The molecular weight excluding hydrogens is 462 g/mol. The summed E-state index contributed by atoms with van der Waals surface area (Å²) in [6.45, 7) is 5.28. The first-order valence-electron chi connectivity index (χ1n) is 12.2. The van der Waals surface area contributed by atoms with Crippen molar-refractivity contribution in [3.05, 3.63) is 69.2 Å². The van der Waals surface area contributed by atoms with E-state index in [0.29, 0.717) is 42.4 Å². The SMILES string of the molecule is CCOc1ccc(C2CCCN2Cn2nc3n(CCCOC)c(=O)c4ccccc4n3c2=S)cc1. The molecule has 8 nitrogen and oxygen atoms in total. The van der Waals surface area contributed by atoms with Crippen LogP contribution in [0.5, 0.6) is 5.75 Å². The maximum absolute atomic E-state index is 13.3. The van der Waals surface area contributed by atoms with Crippen LogP contribution < -0.4 is 10.3 Å². The summed E-state index contributed by atoms with van der Waals surface area (Å²) >= 11 is 5.91. The first kappa shape index (κ1) is 23.7. The Balaban J connectivity index is 1.52. The summed E-state index contributed by atoms with van der Waals surface area (Å²) in [4.78, 5) is 15.7. The average Bonchev–Trinajstić information content (AvgIpc) is 3.47. The number of hydrogen-bond donors (Lipinski definition) is 0. The molecule has 1 unspecified atom stereocenters. The van der Waals surface area contributed by atoms with Crippen molar-refractivity contribution in [1.82, 2.24) is 23.6 Å². The fraction of sp³-hybridized carbons (Fsp3) is 0.423. The van der Waals surface area contributed by atoms with E-state index in [2.05, 4.69) is 17.0 Å². The molecular formula is C26H31N5O3S. The summed E-state index contributed by atoms with van der Waals surface area (Å²) in [5.74, 6) is 1.47. The lowest BCUT2D eigenvalue weighted by molar-refractivity contribution is 0.189. The fourth-order valence-electron chi connectivity index (χ4n) is 5.03. The zero-order valence-electron chi connectivity index (χ0n) is 20.2. The van der Waals surface area contributed by atoms with Gasteiger partial charge in [0.15, 0.2) is 0 Å². The molecule has 1 saturated heterocycles. The van der Waals surface area contributed by atoms with Gasteiger partial charge in [0.1, 0.15) is 5.75 Å². The molecule has 1 atom stereocenters. The van der Waals surface area contributed by atoms with E-state index < -0.39 is 0 Å². The Bertz CT molecular complexity index is 1440. The molecule has 184 valence electrons. The monoisotopic (exact) mass is 493 g/mol. The van der Waals surface area contributed by atoms with E-state index in [1.807, 2.05) is 52.4 Å². The predicted octanol–water partition coefficient (Wildman–Crippen LogP) is 4.41. The van der Waals surface area contributed by atoms with Crippen molar-refractivity contribution in [3.63, 3.8) is 0 Å². The van der Waals surface area contributed by atoms with Gasteiger partial charge in [-0.15, -0.1) is 5.10 Å². The normalized spacial score (nSPS) is 16.5. The summed E-state index contributed by atoms with van der Waals surface area (Å²) in [5, 5.41) is 5.51. The Labute approximate surface area is 209 Å². The van der Waals surface area contributed by atoms with Crippen LogP contribution in [0.25, 0.3) is 16.7 Å². The van der Waals surface area contributed by atoms with Crippen molar-refractivity contribution in [2.75, 3.05) is 26.9 Å². The maximum Gasteiger partial charge on any atom is 0.262 e. The van der Waals surface area contributed by atoms with Gasteiger partial charge in [0, 0.05) is 32.8 Å². The van der Waals surface area contributed by atoms with Crippen LogP contribution in [0, 0.1) is 4.77 Å². The van der Waals surface area contributed by atoms with E-state index in [-0.39, 0.29) is 11.6 Å². The Morgan fingerprint density at radius 2 is 1.94 bits per heavy atom. The van der Waals surface area contributed by atoms with Crippen molar-refractivity contribution < 1.29 is 9.47 Å². The summed E-state index contributed by atoms with van der Waals surface area (Å²) in [7, 11) is 1.67. The van der Waals surface area contributed by atoms with Crippen LogP contribution in [0.4, 0.5) is 0 Å². The molecule has 0 aliphatic carbocycles. The van der Waals surface area contributed by atoms with Gasteiger partial charge in [-0.05, 0) is 68.2 Å². The van der Waals surface area contributed by atoms with E-state index in [9.17, 15) is 4.79 Å². The van der Waals surface area contributed by atoms with Gasteiger partial charge in [-0.2, -0.15) is 0 Å². The number of likely N-dealkylation sites (tertiary alicyclic amines) is 1. The minimum atomic E-state index is -0.0511. The smallest absolute Gasteiger partial charge is 0.262 e. The zero-order chi connectivity index (χ0) is 24.4. The standard InChI is InChI=1S/C26H31N5O3S/c1-3-34-20-13-11-19(12-14-20)22-10-6-15-28(22)18-30-26(35)31-23-9-5-4-8-21(23)24(32)29(25(31)27-30)16-7-17-33-2/h4-5,8-9,11-14,22H,3,6-7,10,15-18H2,1-2H3. The topological polar surface area (TPSA) is 65.9 Å². The van der Waals surface area contributed by atoms with Crippen molar-refractivity contribution >= 4 is 28.9 Å². The second-order valence-electron chi connectivity index (χ2n) is 8.85. The number of methoxy groups -OCH3 is 1. The highest BCUT2D eigenvalue weighted by Crippen LogP contribution is 2.33. The molecule has 0 saturated carbocycles. The van der Waals surface area contributed by atoms with Crippen LogP contribution in [0.1, 0.15) is 37.8 Å². The van der Waals surface area contributed by atoms with Gasteiger partial charge < -0.3 is 9.47 Å². The van der Waals surface area contributed by atoms with E-state index in [4.69, 9.17) is 26.8 Å². The van der Waals surface area contributed by atoms with E-state index in [1.54, 1.807) is 11.7 Å².